The molecule has 0 unspecified atom stereocenters. The third-order valence-electron chi connectivity index (χ3n) is 7.52. The van der Waals surface area contributed by atoms with E-state index in [4.69, 9.17) is 20.6 Å². The molecule has 41 heavy (non-hydrogen) atoms. The topological polar surface area (TPSA) is 40.6 Å². The highest BCUT2D eigenvalue weighted by atomic mass is 16.5. The van der Waals surface area contributed by atoms with Crippen molar-refractivity contribution in [1.29, 1.82) is 0 Å². The fourth-order valence-corrected chi connectivity index (χ4v) is 4.94. The van der Waals surface area contributed by atoms with Crippen LogP contribution in [0.2, 0.25) is 0 Å². The average molecular weight is 564 g/mol. The zero-order chi connectivity index (χ0) is 29.4. The zero-order valence-electron chi connectivity index (χ0n) is 26.5. The van der Waals surface area contributed by atoms with Crippen LogP contribution in [0.4, 0.5) is 0 Å². The van der Waals surface area contributed by atoms with Crippen LogP contribution in [-0.4, -0.2) is 24.8 Å². The van der Waals surface area contributed by atoms with Gasteiger partial charge < -0.3 is 14.2 Å². The molecule has 0 atom stereocenters. The Hall–Kier alpha value is -2.67. The number of nitrogens with zero attached hydrogens (tertiary/aromatic N) is 1. The van der Waals surface area contributed by atoms with E-state index >= 15 is 0 Å². The third kappa shape index (κ3) is 14.7. The van der Waals surface area contributed by atoms with Crippen LogP contribution >= 0.6 is 0 Å². The second-order valence-corrected chi connectivity index (χ2v) is 11.2. The number of hydrogen-bond donors (Lipinski definition) is 0. The van der Waals surface area contributed by atoms with E-state index in [-0.39, 0.29) is 0 Å². The average Bonchev–Trinajstić information content (AvgIpc) is 3.00. The molecule has 0 saturated heterocycles. The largest absolute Gasteiger partial charge is 0.490 e. The van der Waals surface area contributed by atoms with Crippen molar-refractivity contribution in [2.45, 2.75) is 136 Å². The predicted molar refractivity (Wildman–Crippen MR) is 174 cm³/mol. The molecule has 0 fully saturated rings. The molecule has 0 radical (unpaired) electrons. The summed E-state index contributed by atoms with van der Waals surface area (Å²) in [5.74, 6) is 4.88. The van der Waals surface area contributed by atoms with Gasteiger partial charge in [-0.2, -0.15) is 0 Å². The van der Waals surface area contributed by atoms with Crippen LogP contribution in [0, 0.1) is 12.3 Å². The Balaban J connectivity index is 2.19. The fraction of sp³-hybridized carbons (Fsp3) is 0.649. The molecule has 1 aromatic carbocycles. The molecule has 2 rings (SSSR count). The van der Waals surface area contributed by atoms with Gasteiger partial charge in [-0.3, -0.25) is 0 Å². The summed E-state index contributed by atoms with van der Waals surface area (Å²) >= 11 is 0. The number of rotatable bonds is 25. The lowest BCUT2D eigenvalue weighted by molar-refractivity contribution is 0.234. The molecule has 4 heteroatoms. The van der Waals surface area contributed by atoms with Gasteiger partial charge in [0.25, 0.3) is 0 Å². The number of hydrogen-bond acceptors (Lipinski definition) is 4. The van der Waals surface area contributed by atoms with Crippen LogP contribution in [0.5, 0.6) is 17.2 Å². The minimum Gasteiger partial charge on any atom is -0.490 e. The summed E-state index contributed by atoms with van der Waals surface area (Å²) in [6.07, 6.45) is 29.5. The number of pyridine rings is 1. The molecule has 2 aromatic rings. The van der Waals surface area contributed by atoms with Crippen molar-refractivity contribution in [3.8, 4) is 40.7 Å². The van der Waals surface area contributed by atoms with Crippen molar-refractivity contribution in [3.05, 3.63) is 36.2 Å². The van der Waals surface area contributed by atoms with Gasteiger partial charge in [-0.05, 0) is 43.0 Å². The smallest absolute Gasteiger partial charge is 0.203 e. The molecular formula is C37H57NO3. The number of aromatic nitrogens is 1. The Kier molecular flexibility index (Phi) is 19.3. The third-order valence-corrected chi connectivity index (χ3v) is 7.52. The summed E-state index contributed by atoms with van der Waals surface area (Å²) in [5, 5.41) is 0. The summed E-state index contributed by atoms with van der Waals surface area (Å²) in [7, 11) is 0. The van der Waals surface area contributed by atoms with Gasteiger partial charge in [-0.1, -0.05) is 129 Å². The summed E-state index contributed by atoms with van der Waals surface area (Å²) in [6, 6.07) is 8.06. The normalized spacial score (nSPS) is 10.9. The predicted octanol–water partition coefficient (Wildman–Crippen LogP) is 10.9. The monoisotopic (exact) mass is 563 g/mol. The lowest BCUT2D eigenvalue weighted by Gasteiger charge is -2.19. The quantitative estimate of drug-likeness (QED) is 0.0890. The van der Waals surface area contributed by atoms with E-state index in [1.165, 1.54) is 96.3 Å². The van der Waals surface area contributed by atoms with E-state index in [9.17, 15) is 0 Å². The number of benzene rings is 1. The molecule has 0 aliphatic heterocycles. The highest BCUT2D eigenvalue weighted by molar-refractivity contribution is 5.70. The van der Waals surface area contributed by atoms with Gasteiger partial charge >= 0.3 is 0 Å². The maximum Gasteiger partial charge on any atom is 0.203 e. The maximum atomic E-state index is 6.43. The minimum absolute atomic E-state index is 0.631. The first kappa shape index (κ1) is 34.5. The Morgan fingerprint density at radius 2 is 1.00 bits per heavy atom. The Bertz CT molecular complexity index is 924. The van der Waals surface area contributed by atoms with Gasteiger partial charge in [0, 0.05) is 11.8 Å². The summed E-state index contributed by atoms with van der Waals surface area (Å²) in [6.45, 7) is 8.79. The molecule has 4 nitrogen and oxygen atoms in total. The van der Waals surface area contributed by atoms with Gasteiger partial charge in [-0.15, -0.1) is 6.42 Å². The van der Waals surface area contributed by atoms with E-state index in [2.05, 4.69) is 43.8 Å². The Morgan fingerprint density at radius 1 is 0.561 bits per heavy atom. The molecule has 0 amide bonds. The Labute approximate surface area is 252 Å². The lowest BCUT2D eigenvalue weighted by Crippen LogP contribution is -2.07. The van der Waals surface area contributed by atoms with Crippen LogP contribution in [0.25, 0.3) is 11.1 Å². The van der Waals surface area contributed by atoms with Gasteiger partial charge in [0.1, 0.15) is 5.69 Å². The van der Waals surface area contributed by atoms with Crippen LogP contribution < -0.4 is 14.2 Å². The Morgan fingerprint density at radius 3 is 1.41 bits per heavy atom. The molecule has 0 aliphatic carbocycles. The summed E-state index contributed by atoms with van der Waals surface area (Å²) in [4.78, 5) is 4.42. The van der Waals surface area contributed by atoms with Crippen LogP contribution in [-0.2, 0) is 0 Å². The lowest BCUT2D eigenvalue weighted by atomic mass is 10.1. The van der Waals surface area contributed by atoms with Gasteiger partial charge in [-0.25, -0.2) is 4.98 Å². The van der Waals surface area contributed by atoms with Gasteiger partial charge in [0.05, 0.1) is 19.8 Å². The van der Waals surface area contributed by atoms with Crippen molar-refractivity contribution in [1.82, 2.24) is 4.98 Å². The van der Waals surface area contributed by atoms with E-state index in [1.807, 2.05) is 18.3 Å². The van der Waals surface area contributed by atoms with E-state index in [1.54, 1.807) is 0 Å². The molecule has 228 valence electrons. The van der Waals surface area contributed by atoms with Crippen molar-refractivity contribution in [3.63, 3.8) is 0 Å². The maximum absolute atomic E-state index is 6.43. The second kappa shape index (κ2) is 23.0. The highest BCUT2D eigenvalue weighted by Gasteiger charge is 2.17. The standard InChI is InChI=1S/C37H57NO3/c1-5-9-12-15-18-21-26-39-35-29-33(32-24-25-34(8-4)38-31-32)30-36(40-27-22-19-16-13-10-6-2)37(35)41-28-23-20-17-14-11-7-3/h4,24-25,29-31H,5-7,9-23,26-28H2,1-3H3. The van der Waals surface area contributed by atoms with E-state index in [0.29, 0.717) is 25.5 Å². The first-order valence-corrected chi connectivity index (χ1v) is 16.7. The van der Waals surface area contributed by atoms with Crippen molar-refractivity contribution >= 4 is 0 Å². The van der Waals surface area contributed by atoms with Crippen LogP contribution in [0.3, 0.4) is 0 Å². The number of unbranched alkanes of at least 4 members (excludes halogenated alkanes) is 15. The SMILES string of the molecule is C#Cc1ccc(-c2cc(OCCCCCCCC)c(OCCCCCCCC)c(OCCCCCCCC)c2)cn1. The summed E-state index contributed by atoms with van der Waals surface area (Å²) in [5.41, 5.74) is 2.62. The van der Waals surface area contributed by atoms with Gasteiger partial charge in [0.15, 0.2) is 11.5 Å². The number of ether oxygens (including phenoxy) is 3. The first-order chi connectivity index (χ1) is 20.2. The van der Waals surface area contributed by atoms with Crippen LogP contribution in [0.15, 0.2) is 30.5 Å². The van der Waals surface area contributed by atoms with Crippen molar-refractivity contribution in [2.24, 2.45) is 0 Å². The molecule has 1 aromatic heterocycles. The first-order valence-electron chi connectivity index (χ1n) is 16.7. The summed E-state index contributed by atoms with van der Waals surface area (Å²) < 4.78 is 19.3. The molecule has 0 bridgehead atoms. The second-order valence-electron chi connectivity index (χ2n) is 11.2. The fourth-order valence-electron chi connectivity index (χ4n) is 4.94. The van der Waals surface area contributed by atoms with E-state index in [0.717, 1.165) is 47.6 Å². The molecule has 0 spiro atoms. The molecule has 1 heterocycles. The molecule has 0 aliphatic rings. The molecular weight excluding hydrogens is 506 g/mol. The van der Waals surface area contributed by atoms with Crippen molar-refractivity contribution < 1.29 is 14.2 Å². The van der Waals surface area contributed by atoms with Crippen molar-refractivity contribution in [2.75, 3.05) is 19.8 Å². The minimum atomic E-state index is 0.631. The molecule has 0 saturated carbocycles. The van der Waals surface area contributed by atoms with E-state index < -0.39 is 0 Å². The highest BCUT2D eigenvalue weighted by Crippen LogP contribution is 2.42. The zero-order valence-corrected chi connectivity index (χ0v) is 26.5. The van der Waals surface area contributed by atoms with Crippen LogP contribution in [0.1, 0.15) is 142 Å². The molecule has 0 N–H and O–H groups in total. The number of terminal acetylenes is 1. The van der Waals surface area contributed by atoms with Gasteiger partial charge in [0.2, 0.25) is 5.75 Å².